The van der Waals surface area contributed by atoms with E-state index in [4.69, 9.17) is 4.74 Å². The van der Waals surface area contributed by atoms with Gasteiger partial charge in [-0.15, -0.1) is 0 Å². The largest absolute Gasteiger partial charge is 0.382 e. The van der Waals surface area contributed by atoms with Crippen LogP contribution < -0.4 is 5.32 Å². The Morgan fingerprint density at radius 3 is 2.53 bits per heavy atom. The van der Waals surface area contributed by atoms with Gasteiger partial charge in [-0.05, 0) is 40.5 Å². The Kier molecular flexibility index (Phi) is 5.42. The average Bonchev–Trinajstić information content (AvgIpc) is 2.29. The van der Waals surface area contributed by atoms with Gasteiger partial charge in [0, 0.05) is 43.9 Å². The fourth-order valence-electron chi connectivity index (χ4n) is 2.46. The summed E-state index contributed by atoms with van der Waals surface area (Å²) >= 11 is 0. The Hall–Kier alpha value is -0.120. The zero-order valence-electron chi connectivity index (χ0n) is 12.3. The minimum absolute atomic E-state index is 0.236. The second kappa shape index (κ2) is 6.17. The molecule has 0 radical (unpaired) electrons. The van der Waals surface area contributed by atoms with E-state index in [9.17, 15) is 0 Å². The third-order valence-electron chi connectivity index (χ3n) is 3.98. The van der Waals surface area contributed by atoms with Gasteiger partial charge in [0.25, 0.3) is 0 Å². The van der Waals surface area contributed by atoms with Crippen LogP contribution in [0.2, 0.25) is 0 Å². The molecular weight excluding hydrogens is 212 g/mol. The number of hydrogen-bond acceptors (Lipinski definition) is 3. The molecule has 3 nitrogen and oxygen atoms in total. The number of hydrogen-bond donors (Lipinski definition) is 1. The van der Waals surface area contributed by atoms with Crippen LogP contribution in [0.5, 0.6) is 0 Å². The van der Waals surface area contributed by atoms with Crippen molar-refractivity contribution in [3.8, 4) is 0 Å². The summed E-state index contributed by atoms with van der Waals surface area (Å²) in [6.45, 7) is 16.4. The highest BCUT2D eigenvalue weighted by molar-refractivity contribution is 4.99. The number of rotatable bonds is 6. The lowest BCUT2D eigenvalue weighted by Gasteiger charge is -2.51. The first-order valence-electron chi connectivity index (χ1n) is 7.01. The van der Waals surface area contributed by atoms with E-state index in [-0.39, 0.29) is 5.54 Å². The second-order valence-corrected chi connectivity index (χ2v) is 6.06. The van der Waals surface area contributed by atoms with Gasteiger partial charge >= 0.3 is 0 Å². The Morgan fingerprint density at radius 2 is 1.94 bits per heavy atom. The maximum Gasteiger partial charge on any atom is 0.0478 e. The van der Waals surface area contributed by atoms with Crippen LogP contribution in [0, 0.1) is 0 Å². The molecule has 1 aliphatic rings. The molecular formula is C14H30N2O. The van der Waals surface area contributed by atoms with E-state index in [1.807, 2.05) is 0 Å². The molecule has 1 aliphatic heterocycles. The first-order chi connectivity index (χ1) is 7.93. The molecule has 1 unspecified atom stereocenters. The van der Waals surface area contributed by atoms with Gasteiger partial charge < -0.3 is 10.1 Å². The molecule has 0 spiro atoms. The summed E-state index contributed by atoms with van der Waals surface area (Å²) in [5.74, 6) is 0. The molecule has 1 heterocycles. The SMILES string of the molecule is CCOCCCN1CC(C)(C)NCC1(C)CC. The second-order valence-electron chi connectivity index (χ2n) is 6.06. The summed E-state index contributed by atoms with van der Waals surface area (Å²) in [5.41, 5.74) is 0.544. The molecule has 0 saturated carbocycles. The molecule has 1 rings (SSSR count). The van der Waals surface area contributed by atoms with Crippen LogP contribution in [0.1, 0.15) is 47.5 Å². The Labute approximate surface area is 107 Å². The molecule has 0 aliphatic carbocycles. The Morgan fingerprint density at radius 1 is 1.24 bits per heavy atom. The van der Waals surface area contributed by atoms with Crippen molar-refractivity contribution in [3.05, 3.63) is 0 Å². The fraction of sp³-hybridized carbons (Fsp3) is 1.00. The number of nitrogens with zero attached hydrogens (tertiary/aromatic N) is 1. The molecule has 0 amide bonds. The monoisotopic (exact) mass is 242 g/mol. The van der Waals surface area contributed by atoms with Crippen LogP contribution in [0.25, 0.3) is 0 Å². The highest BCUT2D eigenvalue weighted by atomic mass is 16.5. The quantitative estimate of drug-likeness (QED) is 0.723. The molecule has 0 bridgehead atoms. The van der Waals surface area contributed by atoms with Crippen molar-refractivity contribution in [2.45, 2.75) is 58.5 Å². The molecule has 17 heavy (non-hydrogen) atoms. The van der Waals surface area contributed by atoms with Crippen LogP contribution >= 0.6 is 0 Å². The van der Waals surface area contributed by atoms with Crippen molar-refractivity contribution in [3.63, 3.8) is 0 Å². The molecule has 3 heteroatoms. The van der Waals surface area contributed by atoms with E-state index in [1.54, 1.807) is 0 Å². The number of ether oxygens (including phenoxy) is 1. The molecule has 1 N–H and O–H groups in total. The van der Waals surface area contributed by atoms with Crippen molar-refractivity contribution < 1.29 is 4.74 Å². The molecule has 1 atom stereocenters. The van der Waals surface area contributed by atoms with Gasteiger partial charge in [-0.1, -0.05) is 6.92 Å². The maximum absolute atomic E-state index is 5.44. The lowest BCUT2D eigenvalue weighted by atomic mass is 9.88. The van der Waals surface area contributed by atoms with Crippen LogP contribution in [0.3, 0.4) is 0 Å². The zero-order valence-corrected chi connectivity index (χ0v) is 12.3. The molecule has 0 aromatic heterocycles. The maximum atomic E-state index is 5.44. The van der Waals surface area contributed by atoms with E-state index in [0.717, 1.165) is 39.3 Å². The summed E-state index contributed by atoms with van der Waals surface area (Å²) in [5, 5.41) is 3.66. The number of piperazine rings is 1. The first-order valence-corrected chi connectivity index (χ1v) is 7.01. The smallest absolute Gasteiger partial charge is 0.0478 e. The fourth-order valence-corrected chi connectivity index (χ4v) is 2.46. The van der Waals surface area contributed by atoms with Crippen molar-refractivity contribution in [2.75, 3.05) is 32.8 Å². The summed E-state index contributed by atoms with van der Waals surface area (Å²) in [4.78, 5) is 2.64. The zero-order chi connectivity index (χ0) is 12.9. The predicted octanol–water partition coefficient (Wildman–Crippen LogP) is 2.27. The summed E-state index contributed by atoms with van der Waals surface area (Å²) in [7, 11) is 0. The Balaban J connectivity index is 2.50. The summed E-state index contributed by atoms with van der Waals surface area (Å²) in [6.07, 6.45) is 2.34. The highest BCUT2D eigenvalue weighted by Crippen LogP contribution is 2.26. The molecule has 1 fully saturated rings. The van der Waals surface area contributed by atoms with Crippen LogP contribution in [-0.2, 0) is 4.74 Å². The summed E-state index contributed by atoms with van der Waals surface area (Å²) < 4.78 is 5.44. The topological polar surface area (TPSA) is 24.5 Å². The van der Waals surface area contributed by atoms with Crippen LogP contribution in [-0.4, -0.2) is 48.8 Å². The van der Waals surface area contributed by atoms with Crippen molar-refractivity contribution in [2.24, 2.45) is 0 Å². The van der Waals surface area contributed by atoms with Gasteiger partial charge in [-0.2, -0.15) is 0 Å². The first kappa shape index (κ1) is 14.9. The molecule has 1 saturated heterocycles. The minimum atomic E-state index is 0.236. The van der Waals surface area contributed by atoms with Gasteiger partial charge in [0.1, 0.15) is 0 Å². The van der Waals surface area contributed by atoms with E-state index >= 15 is 0 Å². The third-order valence-corrected chi connectivity index (χ3v) is 3.98. The van der Waals surface area contributed by atoms with E-state index in [1.165, 1.54) is 6.42 Å². The predicted molar refractivity (Wildman–Crippen MR) is 73.5 cm³/mol. The van der Waals surface area contributed by atoms with E-state index in [0.29, 0.717) is 5.54 Å². The third kappa shape index (κ3) is 4.23. The van der Waals surface area contributed by atoms with Gasteiger partial charge in [0.05, 0.1) is 0 Å². The van der Waals surface area contributed by atoms with E-state index in [2.05, 4.69) is 44.8 Å². The highest BCUT2D eigenvalue weighted by Gasteiger charge is 2.38. The van der Waals surface area contributed by atoms with Crippen molar-refractivity contribution in [1.29, 1.82) is 0 Å². The Bertz CT molecular complexity index is 230. The summed E-state index contributed by atoms with van der Waals surface area (Å²) in [6, 6.07) is 0. The van der Waals surface area contributed by atoms with Gasteiger partial charge in [0.15, 0.2) is 0 Å². The normalized spacial score (nSPS) is 29.5. The van der Waals surface area contributed by atoms with E-state index < -0.39 is 0 Å². The van der Waals surface area contributed by atoms with Gasteiger partial charge in [-0.25, -0.2) is 0 Å². The molecule has 102 valence electrons. The van der Waals surface area contributed by atoms with Gasteiger partial charge in [0.2, 0.25) is 0 Å². The van der Waals surface area contributed by atoms with Gasteiger partial charge in [-0.3, -0.25) is 4.90 Å². The lowest BCUT2D eigenvalue weighted by molar-refractivity contribution is 0.0163. The average molecular weight is 242 g/mol. The van der Waals surface area contributed by atoms with Crippen molar-refractivity contribution in [1.82, 2.24) is 10.2 Å². The standard InChI is InChI=1S/C14H30N2O/c1-6-14(5)11-15-13(3,4)12-16(14)9-8-10-17-7-2/h15H,6-12H2,1-5H3. The molecule has 0 aromatic rings. The lowest BCUT2D eigenvalue weighted by Crippen LogP contribution is -2.67. The van der Waals surface area contributed by atoms with Crippen LogP contribution in [0.4, 0.5) is 0 Å². The molecule has 0 aromatic carbocycles. The van der Waals surface area contributed by atoms with Crippen LogP contribution in [0.15, 0.2) is 0 Å². The van der Waals surface area contributed by atoms with Crippen molar-refractivity contribution >= 4 is 0 Å². The number of nitrogens with one attached hydrogen (secondary N) is 1. The minimum Gasteiger partial charge on any atom is -0.382 e.